The Morgan fingerprint density at radius 1 is 1.33 bits per heavy atom. The Morgan fingerprint density at radius 2 is 2.08 bits per heavy atom. The maximum Gasteiger partial charge on any atom is 0.149 e. The minimum absolute atomic E-state index is 0.0210. The highest BCUT2D eigenvalue weighted by molar-refractivity contribution is 6.37. The van der Waals surface area contributed by atoms with Gasteiger partial charge in [0.25, 0.3) is 0 Å². The molecule has 4 heteroatoms. The van der Waals surface area contributed by atoms with Crippen LogP contribution in [0.15, 0.2) is 0 Å². The molecule has 0 aromatic heterocycles. The van der Waals surface area contributed by atoms with Crippen molar-refractivity contribution in [2.75, 3.05) is 11.8 Å². The average Bonchev–Trinajstić information content (AvgIpc) is 2.16. The number of ether oxygens (including phenoxy) is 1. The van der Waals surface area contributed by atoms with Crippen LogP contribution >= 0.6 is 23.2 Å². The van der Waals surface area contributed by atoms with Crippen molar-refractivity contribution in [2.45, 2.75) is 37.7 Å². The lowest BCUT2D eigenvalue weighted by molar-refractivity contribution is 0.0482. The highest BCUT2D eigenvalue weighted by Crippen LogP contribution is 2.16. The molecule has 1 heterocycles. The van der Waals surface area contributed by atoms with Gasteiger partial charge in [-0.2, -0.15) is 0 Å². The van der Waals surface area contributed by atoms with Gasteiger partial charge in [0.2, 0.25) is 0 Å². The first kappa shape index (κ1) is 10.7. The van der Waals surface area contributed by atoms with Crippen LogP contribution in [0, 0.1) is 0 Å². The van der Waals surface area contributed by atoms with E-state index in [1.54, 1.807) is 0 Å². The summed E-state index contributed by atoms with van der Waals surface area (Å²) in [6, 6.07) is 0.293. The fourth-order valence-electron chi connectivity index (χ4n) is 1.40. The van der Waals surface area contributed by atoms with Gasteiger partial charge in [0.1, 0.15) is 7.28 Å². The van der Waals surface area contributed by atoms with Gasteiger partial charge in [-0.25, -0.2) is 0 Å². The summed E-state index contributed by atoms with van der Waals surface area (Å²) in [7, 11) is 2.23. The maximum absolute atomic E-state index is 5.67. The summed E-state index contributed by atoms with van der Waals surface area (Å²) in [5, 5.41) is 0. The van der Waals surface area contributed by atoms with E-state index < -0.39 is 0 Å². The lowest BCUT2D eigenvalue weighted by atomic mass is 9.61. The normalized spacial score (nSPS) is 24.1. The Balaban J connectivity index is 2.18. The number of alkyl halides is 2. The minimum atomic E-state index is 0.0210. The molecular weight excluding hydrogens is 194 g/mol. The Kier molecular flexibility index (Phi) is 5.45. The SMILES string of the molecule is ClCC(CCl)OC1[B]CCCC1. The van der Waals surface area contributed by atoms with Crippen molar-refractivity contribution >= 4 is 30.5 Å². The predicted octanol–water partition coefficient (Wildman–Crippen LogP) is 2.48. The zero-order valence-corrected chi connectivity index (χ0v) is 8.65. The van der Waals surface area contributed by atoms with E-state index in [0.29, 0.717) is 17.8 Å². The summed E-state index contributed by atoms with van der Waals surface area (Å²) < 4.78 is 5.67. The van der Waals surface area contributed by atoms with Crippen LogP contribution in [0.1, 0.15) is 19.3 Å². The zero-order chi connectivity index (χ0) is 8.81. The summed E-state index contributed by atoms with van der Waals surface area (Å²) in [6.45, 7) is 0. The summed E-state index contributed by atoms with van der Waals surface area (Å²) >= 11 is 11.3. The van der Waals surface area contributed by atoms with Crippen LogP contribution in [-0.2, 0) is 4.74 Å². The zero-order valence-electron chi connectivity index (χ0n) is 7.14. The van der Waals surface area contributed by atoms with E-state index in [4.69, 9.17) is 27.9 Å². The van der Waals surface area contributed by atoms with Crippen LogP contribution in [0.25, 0.3) is 0 Å². The van der Waals surface area contributed by atoms with Gasteiger partial charge in [0.05, 0.1) is 6.10 Å². The number of halogens is 2. The molecule has 1 saturated heterocycles. The van der Waals surface area contributed by atoms with Gasteiger partial charge in [-0.1, -0.05) is 19.2 Å². The van der Waals surface area contributed by atoms with Gasteiger partial charge < -0.3 is 4.74 Å². The van der Waals surface area contributed by atoms with Crippen LogP contribution in [0.5, 0.6) is 0 Å². The Labute approximate surface area is 85.0 Å². The van der Waals surface area contributed by atoms with Crippen molar-refractivity contribution in [1.82, 2.24) is 0 Å². The minimum Gasteiger partial charge on any atom is -0.381 e. The molecule has 1 radical (unpaired) electrons. The fourth-order valence-corrected chi connectivity index (χ4v) is 1.87. The van der Waals surface area contributed by atoms with Gasteiger partial charge in [0, 0.05) is 17.8 Å². The molecular formula is C8H14BCl2O. The third-order valence-electron chi connectivity index (χ3n) is 2.08. The largest absolute Gasteiger partial charge is 0.381 e. The van der Waals surface area contributed by atoms with Gasteiger partial charge in [0.15, 0.2) is 0 Å². The van der Waals surface area contributed by atoms with Crippen molar-refractivity contribution in [3.05, 3.63) is 0 Å². The third-order valence-corrected chi connectivity index (χ3v) is 2.77. The van der Waals surface area contributed by atoms with Crippen LogP contribution in [0.2, 0.25) is 6.32 Å². The fraction of sp³-hybridized carbons (Fsp3) is 1.00. The van der Waals surface area contributed by atoms with E-state index >= 15 is 0 Å². The molecule has 12 heavy (non-hydrogen) atoms. The van der Waals surface area contributed by atoms with E-state index in [-0.39, 0.29) is 6.10 Å². The van der Waals surface area contributed by atoms with Crippen molar-refractivity contribution in [2.24, 2.45) is 0 Å². The molecule has 0 spiro atoms. The molecule has 1 unspecified atom stereocenters. The standard InChI is InChI=1S/C8H14BCl2O/c10-5-7(6-11)12-8-3-1-2-4-9-8/h7-8H,1-6H2. The lowest BCUT2D eigenvalue weighted by Gasteiger charge is -2.25. The van der Waals surface area contributed by atoms with E-state index in [2.05, 4.69) is 7.28 Å². The van der Waals surface area contributed by atoms with Crippen molar-refractivity contribution in [3.63, 3.8) is 0 Å². The summed E-state index contributed by atoms with van der Waals surface area (Å²) in [6.07, 6.45) is 4.88. The topological polar surface area (TPSA) is 9.23 Å². The third kappa shape index (κ3) is 3.55. The second kappa shape index (κ2) is 6.12. The van der Waals surface area contributed by atoms with Crippen LogP contribution in [0.3, 0.4) is 0 Å². The van der Waals surface area contributed by atoms with E-state index in [0.717, 1.165) is 6.42 Å². The van der Waals surface area contributed by atoms with Crippen molar-refractivity contribution in [1.29, 1.82) is 0 Å². The van der Waals surface area contributed by atoms with Gasteiger partial charge in [-0.3, -0.25) is 0 Å². The smallest absolute Gasteiger partial charge is 0.149 e. The molecule has 0 amide bonds. The van der Waals surface area contributed by atoms with E-state index in [1.165, 1.54) is 19.2 Å². The first-order chi connectivity index (χ1) is 5.86. The van der Waals surface area contributed by atoms with Gasteiger partial charge in [-0.05, 0) is 6.42 Å². The number of hydrogen-bond acceptors (Lipinski definition) is 1. The molecule has 0 saturated carbocycles. The molecule has 1 aliphatic heterocycles. The van der Waals surface area contributed by atoms with Crippen LogP contribution in [0.4, 0.5) is 0 Å². The highest BCUT2D eigenvalue weighted by Gasteiger charge is 2.18. The molecule has 1 aliphatic rings. The summed E-state index contributed by atoms with van der Waals surface area (Å²) in [5.74, 6) is 0.988. The quantitative estimate of drug-likeness (QED) is 0.509. The number of rotatable bonds is 4. The number of hydrogen-bond donors (Lipinski definition) is 0. The van der Waals surface area contributed by atoms with E-state index in [9.17, 15) is 0 Å². The van der Waals surface area contributed by atoms with Crippen LogP contribution < -0.4 is 0 Å². The Hall–Kier alpha value is 0.605. The summed E-state index contributed by atoms with van der Waals surface area (Å²) in [5.41, 5.74) is 0. The molecule has 1 atom stereocenters. The highest BCUT2D eigenvalue weighted by atomic mass is 35.5. The molecule has 0 aliphatic carbocycles. The molecule has 1 rings (SSSR count). The molecule has 1 nitrogen and oxygen atoms in total. The molecule has 69 valence electrons. The molecule has 0 bridgehead atoms. The molecule has 0 aromatic carbocycles. The molecule has 0 aromatic rings. The molecule has 1 fully saturated rings. The second-order valence-corrected chi connectivity index (χ2v) is 3.74. The summed E-state index contributed by atoms with van der Waals surface area (Å²) in [4.78, 5) is 0. The first-order valence-corrected chi connectivity index (χ1v) is 5.54. The van der Waals surface area contributed by atoms with Crippen molar-refractivity contribution in [3.8, 4) is 0 Å². The van der Waals surface area contributed by atoms with Crippen LogP contribution in [-0.4, -0.2) is 31.1 Å². The molecule has 0 N–H and O–H groups in total. The van der Waals surface area contributed by atoms with E-state index in [1.807, 2.05) is 0 Å². The average molecular weight is 208 g/mol. The Morgan fingerprint density at radius 3 is 2.58 bits per heavy atom. The second-order valence-electron chi connectivity index (χ2n) is 3.13. The maximum atomic E-state index is 5.67. The van der Waals surface area contributed by atoms with Gasteiger partial charge >= 0.3 is 0 Å². The van der Waals surface area contributed by atoms with Crippen molar-refractivity contribution < 1.29 is 4.74 Å². The predicted molar refractivity (Wildman–Crippen MR) is 54.5 cm³/mol. The lowest BCUT2D eigenvalue weighted by Crippen LogP contribution is -2.31. The van der Waals surface area contributed by atoms with Gasteiger partial charge in [-0.15, -0.1) is 23.2 Å². The monoisotopic (exact) mass is 207 g/mol. The Bertz CT molecular complexity index is 114. The first-order valence-electron chi connectivity index (χ1n) is 4.47.